The summed E-state index contributed by atoms with van der Waals surface area (Å²) in [4.78, 5) is 21.7. The molecule has 0 radical (unpaired) electrons. The molecule has 1 aromatic heterocycles. The lowest BCUT2D eigenvalue weighted by Crippen LogP contribution is -2.31. The number of amides is 2. The largest absolute Gasteiger partial charge is 0.364 e. The molecule has 7 heteroatoms. The Hall–Kier alpha value is -1.89. The minimum atomic E-state index is -0.593. The van der Waals surface area contributed by atoms with Crippen molar-refractivity contribution < 1.29 is 9.59 Å². The fourth-order valence-electron chi connectivity index (χ4n) is 1.14. The van der Waals surface area contributed by atoms with Gasteiger partial charge in [0.1, 0.15) is 5.69 Å². The lowest BCUT2D eigenvalue weighted by molar-refractivity contribution is -0.121. The smallest absolute Gasteiger partial charge is 0.269 e. The van der Waals surface area contributed by atoms with Gasteiger partial charge in [0.2, 0.25) is 5.91 Å². The predicted octanol–water partition coefficient (Wildman–Crippen LogP) is -1.08. The Kier molecular flexibility index (Phi) is 3.40. The Bertz CT molecular complexity index is 373. The van der Waals surface area contributed by atoms with E-state index in [1.165, 1.54) is 10.7 Å². The van der Waals surface area contributed by atoms with Crippen LogP contribution in [0.25, 0.3) is 0 Å². The molecule has 82 valence electrons. The highest BCUT2D eigenvalue weighted by Crippen LogP contribution is 2.09. The first kappa shape index (κ1) is 11.2. The normalized spacial score (nSPS) is 12.1. The first-order valence-corrected chi connectivity index (χ1v) is 4.39. The van der Waals surface area contributed by atoms with Crippen LogP contribution < -0.4 is 17.0 Å². The monoisotopic (exact) mass is 211 g/mol. The zero-order valence-corrected chi connectivity index (χ0v) is 8.30. The van der Waals surface area contributed by atoms with Gasteiger partial charge in [-0.2, -0.15) is 5.10 Å². The molecular weight excluding hydrogens is 198 g/mol. The molecule has 0 saturated carbocycles. The Morgan fingerprint density at radius 2 is 2.33 bits per heavy atom. The highest BCUT2D eigenvalue weighted by atomic mass is 16.2. The zero-order valence-electron chi connectivity index (χ0n) is 8.30. The van der Waals surface area contributed by atoms with Gasteiger partial charge in [-0.3, -0.25) is 19.7 Å². The van der Waals surface area contributed by atoms with E-state index in [-0.39, 0.29) is 24.1 Å². The van der Waals surface area contributed by atoms with Crippen molar-refractivity contribution >= 4 is 11.8 Å². The minimum Gasteiger partial charge on any atom is -0.364 e. The number of primary amides is 1. The second-order valence-electron chi connectivity index (χ2n) is 3.17. The van der Waals surface area contributed by atoms with E-state index in [2.05, 4.69) is 5.10 Å². The Morgan fingerprint density at radius 3 is 2.80 bits per heavy atom. The molecule has 0 fully saturated rings. The summed E-state index contributed by atoms with van der Waals surface area (Å²) in [6.45, 7) is 1.78. The molecule has 5 N–H and O–H groups in total. The standard InChI is InChI=1S/C8H13N5O2/c1-5(4-7(14)11-10)13-3-2-6(12-13)8(9)15/h2-3,5H,4,10H2,1H3,(H2,9,15)(H,11,14). The van der Waals surface area contributed by atoms with E-state index in [1.54, 1.807) is 13.1 Å². The average Bonchev–Trinajstić information content (AvgIpc) is 2.66. The third-order valence-electron chi connectivity index (χ3n) is 1.95. The first-order valence-electron chi connectivity index (χ1n) is 4.39. The molecule has 0 saturated heterocycles. The van der Waals surface area contributed by atoms with Gasteiger partial charge >= 0.3 is 0 Å². The van der Waals surface area contributed by atoms with Crippen LogP contribution in [0.4, 0.5) is 0 Å². The van der Waals surface area contributed by atoms with Crippen molar-refractivity contribution in [2.45, 2.75) is 19.4 Å². The maximum Gasteiger partial charge on any atom is 0.269 e. The van der Waals surface area contributed by atoms with Crippen LogP contribution in [0, 0.1) is 0 Å². The van der Waals surface area contributed by atoms with Crippen LogP contribution in [0.3, 0.4) is 0 Å². The lowest BCUT2D eigenvalue weighted by Gasteiger charge is -2.10. The third kappa shape index (κ3) is 2.78. The van der Waals surface area contributed by atoms with Crippen LogP contribution >= 0.6 is 0 Å². The summed E-state index contributed by atoms with van der Waals surface area (Å²) in [5.74, 6) is 4.06. The van der Waals surface area contributed by atoms with Gasteiger partial charge in [-0.15, -0.1) is 0 Å². The molecule has 15 heavy (non-hydrogen) atoms. The van der Waals surface area contributed by atoms with Gasteiger partial charge in [0.15, 0.2) is 0 Å². The molecular formula is C8H13N5O2. The number of nitrogens with one attached hydrogen (secondary N) is 1. The Labute approximate surface area is 86.4 Å². The number of hydrogen-bond acceptors (Lipinski definition) is 4. The molecule has 0 aliphatic rings. The van der Waals surface area contributed by atoms with Gasteiger partial charge in [-0.25, -0.2) is 5.84 Å². The number of carbonyl (C=O) groups excluding carboxylic acids is 2. The number of nitrogens with zero attached hydrogens (tertiary/aromatic N) is 2. The first-order chi connectivity index (χ1) is 7.04. The third-order valence-corrected chi connectivity index (χ3v) is 1.95. The van der Waals surface area contributed by atoms with Gasteiger partial charge in [0.05, 0.1) is 12.5 Å². The molecule has 1 aromatic rings. The fraction of sp³-hybridized carbons (Fsp3) is 0.375. The molecule has 0 aliphatic carbocycles. The summed E-state index contributed by atoms with van der Waals surface area (Å²) in [5, 5.41) is 3.92. The predicted molar refractivity (Wildman–Crippen MR) is 52.4 cm³/mol. The van der Waals surface area contributed by atoms with Crippen molar-refractivity contribution in [3.63, 3.8) is 0 Å². The van der Waals surface area contributed by atoms with Crippen LogP contribution in [-0.4, -0.2) is 21.6 Å². The van der Waals surface area contributed by atoms with Crippen LogP contribution in [0.15, 0.2) is 12.3 Å². The van der Waals surface area contributed by atoms with Crippen molar-refractivity contribution in [2.75, 3.05) is 0 Å². The van der Waals surface area contributed by atoms with Crippen LogP contribution in [0.5, 0.6) is 0 Å². The molecule has 0 aliphatic heterocycles. The summed E-state index contributed by atoms with van der Waals surface area (Å²) in [7, 11) is 0. The molecule has 2 amide bonds. The topological polar surface area (TPSA) is 116 Å². The molecule has 7 nitrogen and oxygen atoms in total. The van der Waals surface area contributed by atoms with E-state index < -0.39 is 5.91 Å². The Balaban J connectivity index is 2.69. The van der Waals surface area contributed by atoms with Crippen LogP contribution in [0.1, 0.15) is 29.9 Å². The molecule has 1 rings (SSSR count). The Morgan fingerprint density at radius 1 is 1.67 bits per heavy atom. The van der Waals surface area contributed by atoms with E-state index in [0.717, 1.165) is 0 Å². The summed E-state index contributed by atoms with van der Waals surface area (Å²) >= 11 is 0. The molecule has 0 aromatic carbocycles. The van der Waals surface area contributed by atoms with Crippen LogP contribution in [0.2, 0.25) is 0 Å². The van der Waals surface area contributed by atoms with Crippen molar-refractivity contribution in [3.8, 4) is 0 Å². The summed E-state index contributed by atoms with van der Waals surface area (Å²) in [6, 6.07) is 1.32. The maximum atomic E-state index is 11.0. The van der Waals surface area contributed by atoms with E-state index >= 15 is 0 Å². The van der Waals surface area contributed by atoms with Crippen molar-refractivity contribution in [2.24, 2.45) is 11.6 Å². The van der Waals surface area contributed by atoms with E-state index in [4.69, 9.17) is 11.6 Å². The van der Waals surface area contributed by atoms with E-state index in [9.17, 15) is 9.59 Å². The van der Waals surface area contributed by atoms with Gasteiger partial charge < -0.3 is 5.73 Å². The number of hydrazine groups is 1. The second-order valence-corrected chi connectivity index (χ2v) is 3.17. The SMILES string of the molecule is CC(CC(=O)NN)n1ccc(C(N)=O)n1. The van der Waals surface area contributed by atoms with Crippen LogP contribution in [-0.2, 0) is 4.79 Å². The molecule has 1 atom stereocenters. The minimum absolute atomic E-state index is 0.176. The summed E-state index contributed by atoms with van der Waals surface area (Å²) in [5.41, 5.74) is 7.24. The molecule has 1 heterocycles. The average molecular weight is 211 g/mol. The van der Waals surface area contributed by atoms with E-state index in [1.807, 2.05) is 5.43 Å². The van der Waals surface area contributed by atoms with Gasteiger partial charge in [-0.05, 0) is 13.0 Å². The zero-order chi connectivity index (χ0) is 11.4. The molecule has 0 bridgehead atoms. The molecule has 0 spiro atoms. The van der Waals surface area contributed by atoms with Crippen molar-refractivity contribution in [1.29, 1.82) is 0 Å². The lowest BCUT2D eigenvalue weighted by atomic mass is 10.2. The number of hydrogen-bond donors (Lipinski definition) is 3. The van der Waals surface area contributed by atoms with Crippen molar-refractivity contribution in [1.82, 2.24) is 15.2 Å². The van der Waals surface area contributed by atoms with Gasteiger partial charge in [0, 0.05) is 6.20 Å². The van der Waals surface area contributed by atoms with Crippen molar-refractivity contribution in [3.05, 3.63) is 18.0 Å². The van der Waals surface area contributed by atoms with Gasteiger partial charge in [0.25, 0.3) is 5.91 Å². The fourth-order valence-corrected chi connectivity index (χ4v) is 1.14. The number of nitrogens with two attached hydrogens (primary N) is 2. The number of rotatable bonds is 4. The maximum absolute atomic E-state index is 11.0. The molecule has 1 unspecified atom stereocenters. The highest BCUT2D eigenvalue weighted by Gasteiger charge is 2.12. The van der Waals surface area contributed by atoms with Gasteiger partial charge in [-0.1, -0.05) is 0 Å². The van der Waals surface area contributed by atoms with E-state index in [0.29, 0.717) is 0 Å². The summed E-state index contributed by atoms with van der Waals surface area (Å²) in [6.07, 6.45) is 1.78. The number of carbonyl (C=O) groups is 2. The quantitative estimate of drug-likeness (QED) is 0.334. The highest BCUT2D eigenvalue weighted by molar-refractivity contribution is 5.90. The summed E-state index contributed by atoms with van der Waals surface area (Å²) < 4.78 is 1.50. The second kappa shape index (κ2) is 4.56. The number of aromatic nitrogens is 2.